The van der Waals surface area contributed by atoms with Crippen LogP contribution in [0.4, 0.5) is 8.78 Å². The molecule has 0 amide bonds. The Kier molecular flexibility index (Phi) is 9.99. The van der Waals surface area contributed by atoms with Crippen LogP contribution in [-0.4, -0.2) is 61.6 Å². The van der Waals surface area contributed by atoms with Crippen LogP contribution in [0, 0.1) is 11.6 Å². The fourth-order valence-corrected chi connectivity index (χ4v) is 3.68. The van der Waals surface area contributed by atoms with E-state index in [1.807, 2.05) is 0 Å². The second kappa shape index (κ2) is 14.0. The van der Waals surface area contributed by atoms with Gasteiger partial charge in [0.05, 0.1) is 53.8 Å². The maximum Gasteiger partial charge on any atom is 0.328 e. The van der Waals surface area contributed by atoms with E-state index in [1.54, 1.807) is 12.1 Å². The third kappa shape index (κ3) is 7.66. The Bertz CT molecular complexity index is 1320. The largest absolute Gasteiger partial charge is 0.481 e. The molecule has 2 aromatic carbocycles. The number of ether oxygens (including phenoxy) is 7. The first-order valence-corrected chi connectivity index (χ1v) is 12.4. The summed E-state index contributed by atoms with van der Waals surface area (Å²) >= 11 is 0. The lowest BCUT2D eigenvalue weighted by Crippen LogP contribution is -2.08. The molecule has 0 spiro atoms. The van der Waals surface area contributed by atoms with Crippen LogP contribution in [0.15, 0.2) is 48.5 Å². The number of hydrogen-bond donors (Lipinski definition) is 0. The summed E-state index contributed by atoms with van der Waals surface area (Å²) in [6, 6.07) is 11.7. The van der Waals surface area contributed by atoms with Crippen LogP contribution in [-0.2, 0) is 17.6 Å². The van der Waals surface area contributed by atoms with Crippen LogP contribution in [0.3, 0.4) is 0 Å². The van der Waals surface area contributed by atoms with Crippen molar-refractivity contribution in [1.29, 1.82) is 0 Å². The number of rotatable bonds is 14. The molecule has 0 saturated heterocycles. The lowest BCUT2D eigenvalue weighted by molar-refractivity contribution is 0.138. The molecule has 0 aliphatic carbocycles. The second-order valence-electron chi connectivity index (χ2n) is 8.22. The second-order valence-corrected chi connectivity index (χ2v) is 8.22. The Hall–Kier alpha value is -4.78. The first kappa shape index (κ1) is 29.2. The van der Waals surface area contributed by atoms with Crippen LogP contribution in [0.5, 0.6) is 47.0 Å². The van der Waals surface area contributed by atoms with Crippen molar-refractivity contribution in [3.8, 4) is 47.0 Å². The highest BCUT2D eigenvalue weighted by atomic mass is 19.1. The quantitative estimate of drug-likeness (QED) is 0.191. The molecule has 11 nitrogen and oxygen atoms in total. The number of hydrogen-bond acceptors (Lipinski definition) is 11. The van der Waals surface area contributed by atoms with Crippen LogP contribution < -0.4 is 28.4 Å². The van der Waals surface area contributed by atoms with E-state index in [4.69, 9.17) is 33.2 Å². The maximum absolute atomic E-state index is 14.7. The lowest BCUT2D eigenvalue weighted by atomic mass is 10.1. The third-order valence-electron chi connectivity index (χ3n) is 5.70. The predicted octanol–water partition coefficient (Wildman–Crippen LogP) is 4.97. The van der Waals surface area contributed by atoms with Crippen molar-refractivity contribution < 1.29 is 41.9 Å². The minimum atomic E-state index is -0.487. The third-order valence-corrected chi connectivity index (χ3v) is 5.70. The van der Waals surface area contributed by atoms with Crippen molar-refractivity contribution in [2.45, 2.75) is 12.8 Å². The van der Waals surface area contributed by atoms with Crippen molar-refractivity contribution in [2.75, 3.05) is 41.7 Å². The van der Waals surface area contributed by atoms with Crippen molar-refractivity contribution in [3.63, 3.8) is 0 Å². The molecule has 0 unspecified atom stereocenters. The summed E-state index contributed by atoms with van der Waals surface area (Å²) in [6.07, 6.45) is 0.336. The van der Waals surface area contributed by atoms with Gasteiger partial charge < -0.3 is 33.2 Å². The van der Waals surface area contributed by atoms with Gasteiger partial charge in [-0.2, -0.15) is 19.9 Å². The van der Waals surface area contributed by atoms with Gasteiger partial charge in [0.15, 0.2) is 0 Å². The Labute approximate surface area is 235 Å². The van der Waals surface area contributed by atoms with Gasteiger partial charge in [0.1, 0.15) is 23.1 Å². The van der Waals surface area contributed by atoms with E-state index in [1.165, 1.54) is 64.8 Å². The Morgan fingerprint density at radius 1 is 0.561 bits per heavy atom. The highest BCUT2D eigenvalue weighted by Crippen LogP contribution is 2.30. The van der Waals surface area contributed by atoms with E-state index in [2.05, 4.69) is 19.9 Å². The molecule has 13 heteroatoms. The maximum atomic E-state index is 14.7. The molecule has 0 fully saturated rings. The van der Waals surface area contributed by atoms with Crippen LogP contribution in [0.1, 0.15) is 11.1 Å². The van der Waals surface area contributed by atoms with Gasteiger partial charge in [-0.3, -0.25) is 0 Å². The summed E-state index contributed by atoms with van der Waals surface area (Å²) in [4.78, 5) is 16.5. The summed E-state index contributed by atoms with van der Waals surface area (Å²) in [7, 11) is 5.76. The zero-order valence-corrected chi connectivity index (χ0v) is 22.8. The summed E-state index contributed by atoms with van der Waals surface area (Å²) < 4.78 is 67.2. The average molecular weight is 571 g/mol. The minimum Gasteiger partial charge on any atom is -0.481 e. The molecule has 0 N–H and O–H groups in total. The standard InChI is InChI=1S/C28H28F2N4O7/c1-35-23-15-24(36-2)32-27(31-23)40-21-9-5-7-19(29)17(21)11-13-39-14-12-18-20(30)8-6-10-22(18)41-28-33-25(37-3)16-26(34-28)38-4/h5-10,15-16H,11-14H2,1-4H3. The molecule has 4 rings (SSSR count). The number of aromatic nitrogens is 4. The summed E-state index contributed by atoms with van der Waals surface area (Å²) in [6.45, 7) is 0.251. The van der Waals surface area contributed by atoms with Gasteiger partial charge in [-0.25, -0.2) is 8.78 Å². The molecule has 0 aliphatic rings. The molecule has 41 heavy (non-hydrogen) atoms. The summed E-state index contributed by atoms with van der Waals surface area (Å²) in [5.41, 5.74) is 0.522. The Morgan fingerprint density at radius 2 is 0.927 bits per heavy atom. The van der Waals surface area contributed by atoms with Crippen LogP contribution in [0.25, 0.3) is 0 Å². The molecule has 2 heterocycles. The van der Waals surface area contributed by atoms with Crippen molar-refractivity contribution in [3.05, 3.63) is 71.3 Å². The molecule has 0 radical (unpaired) electrons. The first-order valence-electron chi connectivity index (χ1n) is 12.4. The lowest BCUT2D eigenvalue weighted by Gasteiger charge is -2.13. The van der Waals surface area contributed by atoms with E-state index >= 15 is 0 Å². The van der Waals surface area contributed by atoms with E-state index in [0.717, 1.165) is 0 Å². The van der Waals surface area contributed by atoms with Gasteiger partial charge >= 0.3 is 12.0 Å². The first-order chi connectivity index (χ1) is 19.9. The minimum absolute atomic E-state index is 0.0707. The molecular weight excluding hydrogens is 542 g/mol. The molecule has 216 valence electrons. The molecule has 4 aromatic rings. The molecule has 2 aromatic heterocycles. The van der Waals surface area contributed by atoms with Gasteiger partial charge in [-0.15, -0.1) is 0 Å². The fourth-order valence-electron chi connectivity index (χ4n) is 3.68. The molecular formula is C28H28F2N4O7. The van der Waals surface area contributed by atoms with Gasteiger partial charge in [-0.05, 0) is 24.3 Å². The average Bonchev–Trinajstić information content (AvgIpc) is 2.98. The number of nitrogens with zero attached hydrogens (tertiary/aromatic N) is 4. The van der Waals surface area contributed by atoms with E-state index in [0.29, 0.717) is 0 Å². The molecule has 0 atom stereocenters. The highest BCUT2D eigenvalue weighted by molar-refractivity contribution is 5.38. The van der Waals surface area contributed by atoms with Gasteiger partial charge in [-0.1, -0.05) is 12.1 Å². The topological polar surface area (TPSA) is 116 Å². The van der Waals surface area contributed by atoms with Crippen LogP contribution >= 0.6 is 0 Å². The Balaban J connectivity index is 1.39. The fraction of sp³-hybridized carbons (Fsp3) is 0.286. The van der Waals surface area contributed by atoms with Gasteiger partial charge in [0.2, 0.25) is 23.5 Å². The monoisotopic (exact) mass is 570 g/mol. The van der Waals surface area contributed by atoms with E-state index in [-0.39, 0.29) is 84.2 Å². The number of benzene rings is 2. The van der Waals surface area contributed by atoms with E-state index < -0.39 is 11.6 Å². The zero-order valence-electron chi connectivity index (χ0n) is 22.8. The summed E-state index contributed by atoms with van der Waals surface area (Å²) in [5.74, 6) is 0.343. The smallest absolute Gasteiger partial charge is 0.328 e. The molecule has 0 saturated carbocycles. The Morgan fingerprint density at radius 3 is 1.27 bits per heavy atom. The predicted molar refractivity (Wildman–Crippen MR) is 141 cm³/mol. The number of halogens is 2. The SMILES string of the molecule is COc1cc(OC)nc(Oc2cccc(F)c2CCOCCc2c(F)cccc2Oc2nc(OC)cc(OC)n2)n1. The summed E-state index contributed by atoms with van der Waals surface area (Å²) in [5, 5.41) is 0. The highest BCUT2D eigenvalue weighted by Gasteiger charge is 2.16. The number of methoxy groups -OCH3 is 4. The van der Waals surface area contributed by atoms with Crippen LogP contribution in [0.2, 0.25) is 0 Å². The normalized spacial score (nSPS) is 10.7. The molecule has 0 bridgehead atoms. The van der Waals surface area contributed by atoms with E-state index in [9.17, 15) is 8.78 Å². The van der Waals surface area contributed by atoms with Crippen molar-refractivity contribution in [2.24, 2.45) is 0 Å². The zero-order chi connectivity index (χ0) is 29.2. The molecule has 0 aliphatic heterocycles. The van der Waals surface area contributed by atoms with Crippen molar-refractivity contribution >= 4 is 0 Å². The van der Waals surface area contributed by atoms with Gasteiger partial charge in [0.25, 0.3) is 0 Å². The van der Waals surface area contributed by atoms with Crippen molar-refractivity contribution in [1.82, 2.24) is 19.9 Å². The van der Waals surface area contributed by atoms with Gasteiger partial charge in [0, 0.05) is 24.0 Å².